The average Bonchev–Trinajstić information content (AvgIpc) is 3.46. The number of allylic oxidation sites excluding steroid dienone is 1. The van der Waals surface area contributed by atoms with Crippen molar-refractivity contribution in [2.24, 2.45) is 4.99 Å². The van der Waals surface area contributed by atoms with Gasteiger partial charge in [0.15, 0.2) is 0 Å². The molecule has 0 atom stereocenters. The molecule has 0 unspecified atom stereocenters. The van der Waals surface area contributed by atoms with Crippen LogP contribution in [-0.4, -0.2) is 16.7 Å². The highest BCUT2D eigenvalue weighted by atomic mass is 32.1. The van der Waals surface area contributed by atoms with Crippen LogP contribution in [0.5, 0.6) is 0 Å². The summed E-state index contributed by atoms with van der Waals surface area (Å²) in [5, 5.41) is 6.53. The number of rotatable bonds is 7. The molecule has 0 saturated carbocycles. The van der Waals surface area contributed by atoms with E-state index in [2.05, 4.69) is 39.8 Å². The Labute approximate surface area is 166 Å². The smallest absolute Gasteiger partial charge is 0.254 e. The Kier molecular flexibility index (Phi) is 5.21. The molecule has 4 rings (SSSR count). The number of fused-ring (bicyclic) bond motifs is 1. The van der Waals surface area contributed by atoms with E-state index in [1.54, 1.807) is 18.4 Å². The fourth-order valence-corrected chi connectivity index (χ4v) is 3.78. The minimum absolute atomic E-state index is 0.168. The van der Waals surface area contributed by atoms with Crippen LogP contribution in [0.2, 0.25) is 0 Å². The number of aliphatic imine (C=N–C) groups is 1. The van der Waals surface area contributed by atoms with Gasteiger partial charge in [-0.25, -0.2) is 4.99 Å². The molecular weight excluding hydrogens is 370 g/mol. The van der Waals surface area contributed by atoms with E-state index in [0.29, 0.717) is 22.9 Å². The maximum atomic E-state index is 12.5. The summed E-state index contributed by atoms with van der Waals surface area (Å²) in [7, 11) is 0. The third-order valence-electron chi connectivity index (χ3n) is 4.36. The number of carbonyl (C=O) groups is 1. The molecule has 0 aliphatic rings. The van der Waals surface area contributed by atoms with Crippen LogP contribution in [-0.2, 0) is 13.1 Å². The Morgan fingerprint density at radius 3 is 2.96 bits per heavy atom. The molecule has 28 heavy (non-hydrogen) atoms. The first-order chi connectivity index (χ1) is 13.8. The van der Waals surface area contributed by atoms with Crippen molar-refractivity contribution in [3.05, 3.63) is 89.8 Å². The van der Waals surface area contributed by atoms with Crippen LogP contribution in [0.15, 0.2) is 82.4 Å². The van der Waals surface area contributed by atoms with Gasteiger partial charge in [0.2, 0.25) is 0 Å². The Hall–Kier alpha value is -3.38. The monoisotopic (exact) mass is 389 g/mol. The molecule has 1 aromatic carbocycles. The standard InChI is InChI=1S/C22H19N3O2S/c1-2-10-25-15-16(18-7-3-4-8-20(18)25)13-24-22-19(9-12-28-22)21(26)23-14-17-6-5-11-27-17/h2-9,11-13,15H,1,10,14H2,(H,23,26)/b24-13+. The van der Waals surface area contributed by atoms with Crippen molar-refractivity contribution in [2.45, 2.75) is 13.1 Å². The van der Waals surface area contributed by atoms with Crippen molar-refractivity contribution in [1.82, 2.24) is 9.88 Å². The lowest BCUT2D eigenvalue weighted by molar-refractivity contribution is 0.0949. The molecule has 1 amide bonds. The number of benzene rings is 1. The predicted octanol–water partition coefficient (Wildman–Crippen LogP) is 5.16. The molecule has 0 fully saturated rings. The van der Waals surface area contributed by atoms with Crippen molar-refractivity contribution in [3.8, 4) is 0 Å². The van der Waals surface area contributed by atoms with E-state index in [0.717, 1.165) is 23.0 Å². The fourth-order valence-electron chi connectivity index (χ4n) is 3.05. The zero-order chi connectivity index (χ0) is 19.3. The largest absolute Gasteiger partial charge is 0.467 e. The summed E-state index contributed by atoms with van der Waals surface area (Å²) < 4.78 is 7.38. The summed E-state index contributed by atoms with van der Waals surface area (Å²) in [5.74, 6) is 0.544. The average molecular weight is 389 g/mol. The molecule has 6 heteroatoms. The SMILES string of the molecule is C=CCn1cc(/C=N/c2sccc2C(=O)NCc2ccco2)c2ccccc21. The van der Waals surface area contributed by atoms with Gasteiger partial charge in [-0.2, -0.15) is 0 Å². The van der Waals surface area contributed by atoms with Gasteiger partial charge in [0, 0.05) is 35.4 Å². The predicted molar refractivity (Wildman–Crippen MR) is 114 cm³/mol. The molecule has 0 radical (unpaired) electrons. The molecule has 0 saturated heterocycles. The van der Waals surface area contributed by atoms with Gasteiger partial charge in [-0.1, -0.05) is 24.3 Å². The molecule has 0 spiro atoms. The minimum atomic E-state index is -0.168. The highest BCUT2D eigenvalue weighted by Crippen LogP contribution is 2.27. The first-order valence-corrected chi connectivity index (χ1v) is 9.75. The lowest BCUT2D eigenvalue weighted by Gasteiger charge is -2.02. The van der Waals surface area contributed by atoms with Crippen LogP contribution in [0, 0.1) is 0 Å². The fraction of sp³-hybridized carbons (Fsp3) is 0.0909. The van der Waals surface area contributed by atoms with E-state index in [1.165, 1.54) is 11.3 Å². The van der Waals surface area contributed by atoms with E-state index >= 15 is 0 Å². The van der Waals surface area contributed by atoms with Crippen LogP contribution < -0.4 is 5.32 Å². The summed E-state index contributed by atoms with van der Waals surface area (Å²) in [5.41, 5.74) is 2.70. The number of carbonyl (C=O) groups excluding carboxylic acids is 1. The van der Waals surface area contributed by atoms with Gasteiger partial charge in [-0.05, 0) is 29.6 Å². The molecule has 4 aromatic rings. The van der Waals surface area contributed by atoms with Crippen molar-refractivity contribution < 1.29 is 9.21 Å². The van der Waals surface area contributed by atoms with E-state index < -0.39 is 0 Å². The van der Waals surface area contributed by atoms with Gasteiger partial charge in [0.05, 0.1) is 18.4 Å². The second-order valence-electron chi connectivity index (χ2n) is 6.20. The molecule has 5 nitrogen and oxygen atoms in total. The minimum Gasteiger partial charge on any atom is -0.467 e. The number of nitrogens with zero attached hydrogens (tertiary/aromatic N) is 2. The molecule has 3 heterocycles. The number of aromatic nitrogens is 1. The topological polar surface area (TPSA) is 59.5 Å². The number of amides is 1. The Bertz CT molecular complexity index is 1140. The second-order valence-corrected chi connectivity index (χ2v) is 7.10. The van der Waals surface area contributed by atoms with Crippen LogP contribution >= 0.6 is 11.3 Å². The van der Waals surface area contributed by atoms with E-state index in [4.69, 9.17) is 4.42 Å². The number of thiophene rings is 1. The molecule has 0 aliphatic heterocycles. The zero-order valence-corrected chi connectivity index (χ0v) is 16.0. The van der Waals surface area contributed by atoms with Crippen LogP contribution in [0.4, 0.5) is 5.00 Å². The maximum Gasteiger partial charge on any atom is 0.254 e. The normalized spacial score (nSPS) is 11.3. The molecule has 0 bridgehead atoms. The van der Waals surface area contributed by atoms with Crippen LogP contribution in [0.1, 0.15) is 21.7 Å². The number of nitrogens with one attached hydrogen (secondary N) is 1. The highest BCUT2D eigenvalue weighted by Gasteiger charge is 2.13. The maximum absolute atomic E-state index is 12.5. The summed E-state index contributed by atoms with van der Waals surface area (Å²) in [6.45, 7) is 4.90. The second kappa shape index (κ2) is 8.10. The lowest BCUT2D eigenvalue weighted by Crippen LogP contribution is -2.22. The number of furan rings is 1. The van der Waals surface area contributed by atoms with E-state index in [9.17, 15) is 4.79 Å². The number of hydrogen-bond donors (Lipinski definition) is 1. The van der Waals surface area contributed by atoms with Gasteiger partial charge in [-0.15, -0.1) is 17.9 Å². The van der Waals surface area contributed by atoms with E-state index in [-0.39, 0.29) is 5.91 Å². The van der Waals surface area contributed by atoms with Gasteiger partial charge in [0.1, 0.15) is 10.8 Å². The third-order valence-corrected chi connectivity index (χ3v) is 5.18. The summed E-state index contributed by atoms with van der Waals surface area (Å²) in [6.07, 6.45) is 7.33. The zero-order valence-electron chi connectivity index (χ0n) is 15.2. The summed E-state index contributed by atoms with van der Waals surface area (Å²) in [6, 6.07) is 13.6. The van der Waals surface area contributed by atoms with Gasteiger partial charge >= 0.3 is 0 Å². The lowest BCUT2D eigenvalue weighted by atomic mass is 10.2. The molecular formula is C22H19N3O2S. The Morgan fingerprint density at radius 1 is 1.25 bits per heavy atom. The summed E-state index contributed by atoms with van der Waals surface area (Å²) >= 11 is 1.44. The highest BCUT2D eigenvalue weighted by molar-refractivity contribution is 7.14. The number of para-hydroxylation sites is 1. The Morgan fingerprint density at radius 2 is 2.14 bits per heavy atom. The van der Waals surface area contributed by atoms with Crippen molar-refractivity contribution in [1.29, 1.82) is 0 Å². The first-order valence-electron chi connectivity index (χ1n) is 8.87. The van der Waals surface area contributed by atoms with Gasteiger partial charge in [0.25, 0.3) is 5.91 Å². The Balaban J connectivity index is 1.56. The number of hydrogen-bond acceptors (Lipinski definition) is 4. The van der Waals surface area contributed by atoms with Crippen LogP contribution in [0.3, 0.4) is 0 Å². The van der Waals surface area contributed by atoms with E-state index in [1.807, 2.05) is 35.9 Å². The summed E-state index contributed by atoms with van der Waals surface area (Å²) in [4.78, 5) is 17.1. The van der Waals surface area contributed by atoms with Gasteiger partial charge in [-0.3, -0.25) is 4.79 Å². The molecule has 0 aliphatic carbocycles. The first kappa shape index (κ1) is 18.0. The van der Waals surface area contributed by atoms with Crippen molar-refractivity contribution in [2.75, 3.05) is 0 Å². The molecule has 3 aromatic heterocycles. The molecule has 140 valence electrons. The molecule has 1 N–H and O–H groups in total. The van der Waals surface area contributed by atoms with Crippen molar-refractivity contribution in [3.63, 3.8) is 0 Å². The van der Waals surface area contributed by atoms with Crippen molar-refractivity contribution >= 4 is 39.4 Å². The van der Waals surface area contributed by atoms with Gasteiger partial charge < -0.3 is 14.3 Å². The third kappa shape index (κ3) is 3.68. The van der Waals surface area contributed by atoms with Crippen LogP contribution in [0.25, 0.3) is 10.9 Å². The quantitative estimate of drug-likeness (QED) is 0.350.